The fourth-order valence-electron chi connectivity index (χ4n) is 1.66. The van der Waals surface area contributed by atoms with Gasteiger partial charge in [-0.1, -0.05) is 11.2 Å². The van der Waals surface area contributed by atoms with Crippen molar-refractivity contribution in [2.75, 3.05) is 13.7 Å². The zero-order valence-electron chi connectivity index (χ0n) is 11.2. The maximum absolute atomic E-state index is 5.64. The Kier molecular flexibility index (Phi) is 4.80. The normalized spacial score (nSPS) is 10.4. The number of nitrogens with zero attached hydrogens (tertiary/aromatic N) is 1. The van der Waals surface area contributed by atoms with Gasteiger partial charge in [0.25, 0.3) is 0 Å². The second-order valence-electron chi connectivity index (χ2n) is 4.01. The molecule has 19 heavy (non-hydrogen) atoms. The molecule has 0 spiro atoms. The Morgan fingerprint density at radius 1 is 1.21 bits per heavy atom. The Bertz CT molecular complexity index is 511. The fraction of sp³-hybridized carbons (Fsp3) is 0.357. The van der Waals surface area contributed by atoms with Crippen molar-refractivity contribution in [2.45, 2.75) is 20.1 Å². The van der Waals surface area contributed by atoms with E-state index in [2.05, 4.69) is 10.5 Å². The van der Waals surface area contributed by atoms with Crippen LogP contribution in [0, 0.1) is 0 Å². The lowest BCUT2D eigenvalue weighted by atomic mass is 10.3. The Labute approximate surface area is 112 Å². The lowest BCUT2D eigenvalue weighted by Gasteiger charge is -2.06. The Balaban J connectivity index is 1.91. The van der Waals surface area contributed by atoms with Gasteiger partial charge in [-0.3, -0.25) is 0 Å². The minimum atomic E-state index is 0.353. The average Bonchev–Trinajstić information content (AvgIpc) is 2.86. The summed E-state index contributed by atoms with van der Waals surface area (Å²) in [6, 6.07) is 9.41. The molecule has 1 N–H and O–H groups in total. The van der Waals surface area contributed by atoms with E-state index in [-0.39, 0.29) is 0 Å². The van der Waals surface area contributed by atoms with Gasteiger partial charge in [-0.25, -0.2) is 0 Å². The van der Waals surface area contributed by atoms with Crippen LogP contribution in [0.15, 0.2) is 34.9 Å². The van der Waals surface area contributed by atoms with E-state index in [9.17, 15) is 0 Å². The molecule has 1 aromatic carbocycles. The van der Waals surface area contributed by atoms with Gasteiger partial charge in [-0.15, -0.1) is 0 Å². The predicted molar refractivity (Wildman–Crippen MR) is 71.2 cm³/mol. The van der Waals surface area contributed by atoms with Crippen LogP contribution < -0.4 is 14.8 Å². The molecule has 0 aliphatic heterocycles. The highest BCUT2D eigenvalue weighted by Gasteiger charge is 2.05. The molecule has 0 bridgehead atoms. The van der Waals surface area contributed by atoms with Gasteiger partial charge in [0, 0.05) is 18.7 Å². The summed E-state index contributed by atoms with van der Waals surface area (Å²) in [7, 11) is 1.87. The maximum Gasteiger partial charge on any atom is 0.174 e. The van der Waals surface area contributed by atoms with E-state index in [1.165, 1.54) is 0 Å². The van der Waals surface area contributed by atoms with E-state index < -0.39 is 0 Å². The van der Waals surface area contributed by atoms with Crippen molar-refractivity contribution in [1.82, 2.24) is 10.5 Å². The molecule has 0 radical (unpaired) electrons. The van der Waals surface area contributed by atoms with Crippen LogP contribution in [0.2, 0.25) is 0 Å². The van der Waals surface area contributed by atoms with Gasteiger partial charge in [0.05, 0.1) is 12.3 Å². The molecule has 0 saturated heterocycles. The van der Waals surface area contributed by atoms with E-state index in [1.54, 1.807) is 0 Å². The molecule has 5 heteroatoms. The van der Waals surface area contributed by atoms with Crippen LogP contribution in [0.5, 0.6) is 11.5 Å². The zero-order chi connectivity index (χ0) is 13.5. The third kappa shape index (κ3) is 3.99. The zero-order valence-corrected chi connectivity index (χ0v) is 11.2. The monoisotopic (exact) mass is 262 g/mol. The number of rotatable bonds is 7. The van der Waals surface area contributed by atoms with Gasteiger partial charge in [-0.2, -0.15) is 0 Å². The van der Waals surface area contributed by atoms with Gasteiger partial charge in [0.1, 0.15) is 18.1 Å². The molecule has 0 amide bonds. The maximum atomic E-state index is 5.64. The third-order valence-corrected chi connectivity index (χ3v) is 2.46. The summed E-state index contributed by atoms with van der Waals surface area (Å²) in [6.07, 6.45) is 0. The molecule has 1 heterocycles. The smallest absolute Gasteiger partial charge is 0.174 e. The van der Waals surface area contributed by atoms with Crippen LogP contribution >= 0.6 is 0 Å². The van der Waals surface area contributed by atoms with E-state index in [1.807, 2.05) is 44.3 Å². The molecule has 0 saturated carbocycles. The van der Waals surface area contributed by atoms with Crippen LogP contribution in [0.3, 0.4) is 0 Å². The Hall–Kier alpha value is -2.01. The topological polar surface area (TPSA) is 56.5 Å². The molecule has 2 rings (SSSR count). The van der Waals surface area contributed by atoms with Gasteiger partial charge in [0.15, 0.2) is 5.76 Å². The SMILES string of the molecule is CCOc1cccc(OCc2cc(CNC)no2)c1. The van der Waals surface area contributed by atoms with E-state index >= 15 is 0 Å². The van der Waals surface area contributed by atoms with E-state index in [0.717, 1.165) is 17.2 Å². The van der Waals surface area contributed by atoms with Crippen molar-refractivity contribution in [3.8, 4) is 11.5 Å². The summed E-state index contributed by atoms with van der Waals surface area (Å²) in [5.41, 5.74) is 0.865. The second-order valence-corrected chi connectivity index (χ2v) is 4.01. The van der Waals surface area contributed by atoms with Crippen molar-refractivity contribution in [3.05, 3.63) is 41.8 Å². The summed E-state index contributed by atoms with van der Waals surface area (Å²) in [4.78, 5) is 0. The quantitative estimate of drug-likeness (QED) is 0.830. The van der Waals surface area contributed by atoms with Crippen LogP contribution in [-0.2, 0) is 13.2 Å². The van der Waals surface area contributed by atoms with Crippen LogP contribution in [0.25, 0.3) is 0 Å². The highest BCUT2D eigenvalue weighted by molar-refractivity contribution is 5.33. The first kappa shape index (κ1) is 13.4. The van der Waals surface area contributed by atoms with Gasteiger partial charge in [0.2, 0.25) is 0 Å². The van der Waals surface area contributed by atoms with Crippen molar-refractivity contribution in [2.24, 2.45) is 0 Å². The molecule has 0 atom stereocenters. The summed E-state index contributed by atoms with van der Waals surface area (Å²) in [5, 5.41) is 6.94. The lowest BCUT2D eigenvalue weighted by molar-refractivity contribution is 0.246. The molecule has 0 unspecified atom stereocenters. The van der Waals surface area contributed by atoms with Crippen molar-refractivity contribution < 1.29 is 14.0 Å². The van der Waals surface area contributed by atoms with Crippen molar-refractivity contribution >= 4 is 0 Å². The number of benzene rings is 1. The predicted octanol–water partition coefficient (Wildman–Crippen LogP) is 2.37. The number of hydrogen-bond acceptors (Lipinski definition) is 5. The first-order valence-electron chi connectivity index (χ1n) is 6.26. The summed E-state index contributed by atoms with van der Waals surface area (Å²) in [5.74, 6) is 2.25. The molecular formula is C14H18N2O3. The number of nitrogens with one attached hydrogen (secondary N) is 1. The minimum absolute atomic E-state index is 0.353. The van der Waals surface area contributed by atoms with Gasteiger partial charge >= 0.3 is 0 Å². The van der Waals surface area contributed by atoms with E-state index in [4.69, 9.17) is 14.0 Å². The van der Waals surface area contributed by atoms with E-state index in [0.29, 0.717) is 25.5 Å². The van der Waals surface area contributed by atoms with Crippen LogP contribution in [0.1, 0.15) is 18.4 Å². The van der Waals surface area contributed by atoms with Gasteiger partial charge in [-0.05, 0) is 26.1 Å². The molecular weight excluding hydrogens is 244 g/mol. The number of ether oxygens (including phenoxy) is 2. The molecule has 5 nitrogen and oxygen atoms in total. The number of aromatic nitrogens is 1. The highest BCUT2D eigenvalue weighted by Crippen LogP contribution is 2.20. The first-order chi connectivity index (χ1) is 9.31. The molecule has 0 aliphatic carbocycles. The molecule has 0 fully saturated rings. The Morgan fingerprint density at radius 3 is 2.74 bits per heavy atom. The molecule has 2 aromatic rings. The molecule has 102 valence electrons. The standard InChI is InChI=1S/C14H18N2O3/c1-3-17-12-5-4-6-13(8-12)18-10-14-7-11(9-15-2)16-19-14/h4-8,15H,3,9-10H2,1-2H3. The van der Waals surface area contributed by atoms with Crippen molar-refractivity contribution in [1.29, 1.82) is 0 Å². The minimum Gasteiger partial charge on any atom is -0.494 e. The molecule has 1 aromatic heterocycles. The highest BCUT2D eigenvalue weighted by atomic mass is 16.5. The second kappa shape index (κ2) is 6.80. The van der Waals surface area contributed by atoms with Crippen LogP contribution in [-0.4, -0.2) is 18.8 Å². The first-order valence-corrected chi connectivity index (χ1v) is 6.26. The largest absolute Gasteiger partial charge is 0.494 e. The summed E-state index contributed by atoms with van der Waals surface area (Å²) in [6.45, 7) is 3.62. The average molecular weight is 262 g/mol. The van der Waals surface area contributed by atoms with Gasteiger partial charge < -0.3 is 19.3 Å². The fourth-order valence-corrected chi connectivity index (χ4v) is 1.66. The summed E-state index contributed by atoms with van der Waals surface area (Å²) < 4.78 is 16.2. The summed E-state index contributed by atoms with van der Waals surface area (Å²) >= 11 is 0. The van der Waals surface area contributed by atoms with Crippen LogP contribution in [0.4, 0.5) is 0 Å². The lowest BCUT2D eigenvalue weighted by Crippen LogP contribution is -2.04. The third-order valence-electron chi connectivity index (χ3n) is 2.46. The molecule has 0 aliphatic rings. The Morgan fingerprint density at radius 2 is 2.00 bits per heavy atom. The number of hydrogen-bond donors (Lipinski definition) is 1. The van der Waals surface area contributed by atoms with Crippen molar-refractivity contribution in [3.63, 3.8) is 0 Å².